The molecule has 0 saturated carbocycles. The third-order valence-corrected chi connectivity index (χ3v) is 5.44. The lowest BCUT2D eigenvalue weighted by Crippen LogP contribution is -2.30. The average molecular weight is 360 g/mol. The zero-order valence-electron chi connectivity index (χ0n) is 14.7. The van der Waals surface area contributed by atoms with Gasteiger partial charge in [0.15, 0.2) is 0 Å². The van der Waals surface area contributed by atoms with Crippen molar-refractivity contribution in [3.8, 4) is 0 Å². The van der Waals surface area contributed by atoms with E-state index in [0.717, 1.165) is 11.1 Å². The van der Waals surface area contributed by atoms with E-state index in [4.69, 9.17) is 5.14 Å². The van der Waals surface area contributed by atoms with E-state index in [1.54, 1.807) is 24.1 Å². The third kappa shape index (κ3) is 4.90. The summed E-state index contributed by atoms with van der Waals surface area (Å²) in [4.78, 5) is 14.3. The van der Waals surface area contributed by atoms with E-state index < -0.39 is 10.0 Å². The van der Waals surface area contributed by atoms with Gasteiger partial charge in [-0.15, -0.1) is 0 Å². The van der Waals surface area contributed by atoms with Crippen molar-refractivity contribution in [1.82, 2.24) is 4.90 Å². The van der Waals surface area contributed by atoms with E-state index in [2.05, 4.69) is 0 Å². The second kappa shape index (κ2) is 7.80. The van der Waals surface area contributed by atoms with Gasteiger partial charge in [-0.05, 0) is 36.1 Å². The van der Waals surface area contributed by atoms with Gasteiger partial charge in [0.2, 0.25) is 15.9 Å². The summed E-state index contributed by atoms with van der Waals surface area (Å²) < 4.78 is 22.7. The van der Waals surface area contributed by atoms with Crippen molar-refractivity contribution in [2.24, 2.45) is 5.14 Å². The van der Waals surface area contributed by atoms with Crippen LogP contribution in [0, 0.1) is 0 Å². The minimum absolute atomic E-state index is 0.0411. The molecule has 0 radical (unpaired) electrons. The smallest absolute Gasteiger partial charge is 0.238 e. The number of rotatable bonds is 6. The Kier molecular flexibility index (Phi) is 5.98. The highest BCUT2D eigenvalue weighted by Gasteiger charge is 2.20. The lowest BCUT2D eigenvalue weighted by molar-refractivity contribution is -0.132. The van der Waals surface area contributed by atoms with E-state index in [1.807, 2.05) is 44.2 Å². The number of primary sulfonamides is 1. The number of nitrogens with two attached hydrogens (primary N) is 1. The Labute approximate surface area is 149 Å². The zero-order chi connectivity index (χ0) is 18.6. The Bertz CT molecular complexity index is 818. The van der Waals surface area contributed by atoms with Gasteiger partial charge >= 0.3 is 0 Å². The van der Waals surface area contributed by atoms with Crippen LogP contribution >= 0.6 is 0 Å². The van der Waals surface area contributed by atoms with Gasteiger partial charge in [0.25, 0.3) is 0 Å². The molecule has 2 unspecified atom stereocenters. The van der Waals surface area contributed by atoms with Crippen molar-refractivity contribution in [3.63, 3.8) is 0 Å². The Balaban J connectivity index is 2.06. The summed E-state index contributed by atoms with van der Waals surface area (Å²) in [5, 5.41) is 5.11. The summed E-state index contributed by atoms with van der Waals surface area (Å²) in [5.41, 5.74) is 1.99. The Hall–Kier alpha value is -2.18. The molecule has 2 aromatic rings. The van der Waals surface area contributed by atoms with Crippen LogP contribution in [0.15, 0.2) is 59.5 Å². The van der Waals surface area contributed by atoms with Crippen LogP contribution in [0.2, 0.25) is 0 Å². The summed E-state index contributed by atoms with van der Waals surface area (Å²) in [7, 11) is -1.95. The minimum Gasteiger partial charge on any atom is -0.339 e. The van der Waals surface area contributed by atoms with Gasteiger partial charge < -0.3 is 4.90 Å². The van der Waals surface area contributed by atoms with E-state index >= 15 is 0 Å². The molecule has 5 nitrogen and oxygen atoms in total. The van der Waals surface area contributed by atoms with Crippen LogP contribution in [0.5, 0.6) is 0 Å². The molecule has 134 valence electrons. The zero-order valence-corrected chi connectivity index (χ0v) is 15.5. The number of carbonyl (C=O) groups is 1. The summed E-state index contributed by atoms with van der Waals surface area (Å²) in [6.45, 7) is 3.95. The molecule has 25 heavy (non-hydrogen) atoms. The first-order valence-corrected chi connectivity index (χ1v) is 9.68. The lowest BCUT2D eigenvalue weighted by Gasteiger charge is -2.27. The fourth-order valence-electron chi connectivity index (χ4n) is 2.68. The lowest BCUT2D eigenvalue weighted by atomic mass is 9.97. The molecule has 0 spiro atoms. The minimum atomic E-state index is -3.71. The van der Waals surface area contributed by atoms with Gasteiger partial charge in [-0.1, -0.05) is 49.4 Å². The Morgan fingerprint density at radius 2 is 1.56 bits per heavy atom. The van der Waals surface area contributed by atoms with Crippen LogP contribution in [0.3, 0.4) is 0 Å². The van der Waals surface area contributed by atoms with Gasteiger partial charge in [-0.25, -0.2) is 13.6 Å². The normalized spacial score (nSPS) is 13.9. The van der Waals surface area contributed by atoms with E-state index in [0.29, 0.717) is 6.42 Å². The van der Waals surface area contributed by atoms with E-state index in [-0.39, 0.29) is 22.8 Å². The third-order valence-electron chi connectivity index (χ3n) is 4.51. The first-order chi connectivity index (χ1) is 11.7. The molecule has 1 amide bonds. The van der Waals surface area contributed by atoms with Gasteiger partial charge in [-0.2, -0.15) is 0 Å². The number of amides is 1. The fraction of sp³-hybridized carbons (Fsp3) is 0.316. The molecule has 0 saturated heterocycles. The maximum Gasteiger partial charge on any atom is 0.238 e. The molecule has 2 aromatic carbocycles. The monoisotopic (exact) mass is 360 g/mol. The topological polar surface area (TPSA) is 80.5 Å². The maximum absolute atomic E-state index is 12.6. The average Bonchev–Trinajstić information content (AvgIpc) is 2.60. The molecule has 0 aliphatic rings. The van der Waals surface area contributed by atoms with Crippen LogP contribution in [0.25, 0.3) is 0 Å². The molecule has 2 atom stereocenters. The second-order valence-corrected chi connectivity index (χ2v) is 7.87. The fourth-order valence-corrected chi connectivity index (χ4v) is 3.20. The summed E-state index contributed by atoms with van der Waals surface area (Å²) in [5.74, 6) is 0.174. The molecule has 0 fully saturated rings. The number of benzene rings is 2. The van der Waals surface area contributed by atoms with Crippen molar-refractivity contribution in [2.75, 3.05) is 7.05 Å². The standard InChI is InChI=1S/C19H24N2O3S/c1-14(16-7-5-4-6-8-16)13-19(22)21(3)15(2)17-9-11-18(12-10-17)25(20,23)24/h4-12,14-15H,13H2,1-3H3,(H2,20,23,24). The number of hydrogen-bond donors (Lipinski definition) is 1. The molecule has 2 N–H and O–H groups in total. The van der Waals surface area contributed by atoms with Crippen LogP contribution in [-0.2, 0) is 14.8 Å². The quantitative estimate of drug-likeness (QED) is 0.860. The molecule has 0 bridgehead atoms. The van der Waals surface area contributed by atoms with Crippen LogP contribution in [0.1, 0.15) is 43.4 Å². The van der Waals surface area contributed by atoms with Crippen molar-refractivity contribution in [2.45, 2.75) is 37.1 Å². The van der Waals surface area contributed by atoms with Crippen LogP contribution in [-0.4, -0.2) is 26.3 Å². The molecule has 2 rings (SSSR count). The molecule has 0 heterocycles. The largest absolute Gasteiger partial charge is 0.339 e. The first-order valence-electron chi connectivity index (χ1n) is 8.13. The number of carbonyl (C=O) groups excluding carboxylic acids is 1. The molecule has 0 aliphatic carbocycles. The number of nitrogens with zero attached hydrogens (tertiary/aromatic N) is 1. The highest BCUT2D eigenvalue weighted by atomic mass is 32.2. The highest BCUT2D eigenvalue weighted by molar-refractivity contribution is 7.89. The van der Waals surface area contributed by atoms with Gasteiger partial charge in [0.1, 0.15) is 0 Å². The van der Waals surface area contributed by atoms with Crippen molar-refractivity contribution in [3.05, 3.63) is 65.7 Å². The molecular weight excluding hydrogens is 336 g/mol. The predicted molar refractivity (Wildman–Crippen MR) is 98.5 cm³/mol. The first kappa shape index (κ1) is 19.1. The van der Waals surface area contributed by atoms with Gasteiger partial charge in [0, 0.05) is 13.5 Å². The highest BCUT2D eigenvalue weighted by Crippen LogP contribution is 2.24. The number of hydrogen-bond acceptors (Lipinski definition) is 3. The molecule has 0 aliphatic heterocycles. The summed E-state index contributed by atoms with van der Waals surface area (Å²) in [6.07, 6.45) is 0.417. The van der Waals surface area contributed by atoms with Gasteiger partial charge in [-0.3, -0.25) is 4.79 Å². The maximum atomic E-state index is 12.6. The predicted octanol–water partition coefficient (Wildman–Crippen LogP) is 3.05. The van der Waals surface area contributed by atoms with E-state index in [1.165, 1.54) is 12.1 Å². The van der Waals surface area contributed by atoms with E-state index in [9.17, 15) is 13.2 Å². The summed E-state index contributed by atoms with van der Waals surface area (Å²) in [6, 6.07) is 16.1. The Morgan fingerprint density at radius 1 is 1.00 bits per heavy atom. The van der Waals surface area contributed by atoms with Crippen molar-refractivity contribution < 1.29 is 13.2 Å². The molecule has 6 heteroatoms. The van der Waals surface area contributed by atoms with Crippen LogP contribution < -0.4 is 5.14 Å². The van der Waals surface area contributed by atoms with Crippen LogP contribution in [0.4, 0.5) is 0 Å². The second-order valence-electron chi connectivity index (χ2n) is 6.31. The summed E-state index contributed by atoms with van der Waals surface area (Å²) >= 11 is 0. The van der Waals surface area contributed by atoms with Crippen molar-refractivity contribution in [1.29, 1.82) is 0 Å². The van der Waals surface area contributed by atoms with Crippen molar-refractivity contribution >= 4 is 15.9 Å². The Morgan fingerprint density at radius 3 is 2.08 bits per heavy atom. The van der Waals surface area contributed by atoms with Gasteiger partial charge in [0.05, 0.1) is 10.9 Å². The number of sulfonamides is 1. The molecule has 0 aromatic heterocycles. The SMILES string of the molecule is CC(CC(=O)N(C)C(C)c1ccc(S(N)(=O)=O)cc1)c1ccccc1. The molecular formula is C19H24N2O3S.